The van der Waals surface area contributed by atoms with Crippen LogP contribution in [0.2, 0.25) is 0 Å². The fourth-order valence-electron chi connectivity index (χ4n) is 3.08. The Morgan fingerprint density at radius 2 is 1.79 bits per heavy atom. The first-order valence-corrected chi connectivity index (χ1v) is 8.44. The molecule has 1 fully saturated rings. The Balaban J connectivity index is 2.20. The second-order valence-electron chi connectivity index (χ2n) is 7.19. The van der Waals surface area contributed by atoms with Gasteiger partial charge in [-0.25, -0.2) is 9.59 Å². The molecule has 1 aromatic carbocycles. The Labute approximate surface area is 142 Å². The number of aliphatic carboxylic acids is 1. The van der Waals surface area contributed by atoms with E-state index >= 15 is 0 Å². The summed E-state index contributed by atoms with van der Waals surface area (Å²) in [5.74, 6) is -3.53. The summed E-state index contributed by atoms with van der Waals surface area (Å²) < 4.78 is 5.61. The molecule has 0 saturated heterocycles. The third-order valence-electron chi connectivity index (χ3n) is 5.24. The highest BCUT2D eigenvalue weighted by Gasteiger charge is 2.55. The first-order chi connectivity index (χ1) is 11.2. The second-order valence-corrected chi connectivity index (χ2v) is 7.19. The van der Waals surface area contributed by atoms with Crippen molar-refractivity contribution in [2.24, 2.45) is 11.8 Å². The van der Waals surface area contributed by atoms with Crippen LogP contribution >= 0.6 is 0 Å². The average molecular weight is 334 g/mol. The minimum absolute atomic E-state index is 0.176. The van der Waals surface area contributed by atoms with Crippen LogP contribution in [0.1, 0.15) is 45.6 Å². The normalized spacial score (nSPS) is 19.9. The van der Waals surface area contributed by atoms with Gasteiger partial charge in [-0.15, -0.1) is 0 Å². The maximum Gasteiger partial charge on any atom is 0.350 e. The predicted octanol–water partition coefficient (Wildman–Crippen LogP) is 2.80. The molecule has 1 aliphatic rings. The Morgan fingerprint density at radius 1 is 1.21 bits per heavy atom. The summed E-state index contributed by atoms with van der Waals surface area (Å²) in [7, 11) is 0. The zero-order chi connectivity index (χ0) is 18.0. The standard InChI is InChI=1S/C19H26O5/c1-13(2)14(3)19(23,16(20)21)17(22)24-18(10-7-11-18)12-15-8-5-4-6-9-15/h4-6,8-9,13-14,23H,7,10-12H2,1-3H3,(H,20,21)/t14?,19-/m0/s1. The first-order valence-electron chi connectivity index (χ1n) is 8.44. The van der Waals surface area contributed by atoms with E-state index in [4.69, 9.17) is 4.74 Å². The number of carbonyl (C=O) groups excluding carboxylic acids is 1. The number of carboxylic acid groups (broad SMARTS) is 1. The Kier molecular flexibility index (Phi) is 5.33. The minimum Gasteiger partial charge on any atom is -0.479 e. The van der Waals surface area contributed by atoms with Crippen molar-refractivity contribution >= 4 is 11.9 Å². The van der Waals surface area contributed by atoms with Gasteiger partial charge in [-0.1, -0.05) is 51.1 Å². The second kappa shape index (κ2) is 6.93. The highest BCUT2D eigenvalue weighted by molar-refractivity contribution is 6.03. The van der Waals surface area contributed by atoms with Crippen molar-refractivity contribution in [2.45, 2.75) is 57.7 Å². The van der Waals surface area contributed by atoms with Crippen LogP contribution in [0.4, 0.5) is 0 Å². The summed E-state index contributed by atoms with van der Waals surface area (Å²) in [5.41, 5.74) is -2.20. The van der Waals surface area contributed by atoms with Gasteiger partial charge in [-0.2, -0.15) is 0 Å². The van der Waals surface area contributed by atoms with Gasteiger partial charge in [0.25, 0.3) is 5.60 Å². The van der Waals surface area contributed by atoms with E-state index in [1.165, 1.54) is 0 Å². The molecule has 0 bridgehead atoms. The highest BCUT2D eigenvalue weighted by Crippen LogP contribution is 2.40. The van der Waals surface area contributed by atoms with Crippen LogP contribution in [0.3, 0.4) is 0 Å². The summed E-state index contributed by atoms with van der Waals surface area (Å²) >= 11 is 0. The maximum atomic E-state index is 12.6. The largest absolute Gasteiger partial charge is 0.479 e. The van der Waals surface area contributed by atoms with Crippen LogP contribution < -0.4 is 0 Å². The lowest BCUT2D eigenvalue weighted by Gasteiger charge is -2.43. The molecular weight excluding hydrogens is 308 g/mol. The molecule has 0 spiro atoms. The lowest BCUT2D eigenvalue weighted by molar-refractivity contribution is -0.205. The van der Waals surface area contributed by atoms with Gasteiger partial charge in [-0.05, 0) is 30.7 Å². The van der Waals surface area contributed by atoms with E-state index < -0.39 is 29.1 Å². The number of aliphatic hydroxyl groups is 1. The van der Waals surface area contributed by atoms with Crippen molar-refractivity contribution in [1.29, 1.82) is 0 Å². The molecule has 1 unspecified atom stereocenters. The molecule has 24 heavy (non-hydrogen) atoms. The van der Waals surface area contributed by atoms with Gasteiger partial charge in [0.05, 0.1) is 0 Å². The van der Waals surface area contributed by atoms with E-state index in [0.717, 1.165) is 12.0 Å². The minimum atomic E-state index is -2.52. The highest BCUT2D eigenvalue weighted by atomic mass is 16.6. The van der Waals surface area contributed by atoms with Crippen molar-refractivity contribution < 1.29 is 24.5 Å². The van der Waals surface area contributed by atoms with Gasteiger partial charge in [-0.3, -0.25) is 0 Å². The average Bonchev–Trinajstić information content (AvgIpc) is 2.51. The molecule has 2 N–H and O–H groups in total. The molecule has 2 rings (SSSR count). The van der Waals surface area contributed by atoms with Gasteiger partial charge in [0.2, 0.25) is 0 Å². The zero-order valence-electron chi connectivity index (χ0n) is 14.5. The third-order valence-corrected chi connectivity index (χ3v) is 5.24. The summed E-state index contributed by atoms with van der Waals surface area (Å²) in [4.78, 5) is 24.2. The van der Waals surface area contributed by atoms with E-state index in [2.05, 4.69) is 0 Å². The number of esters is 1. The summed E-state index contributed by atoms with van der Waals surface area (Å²) in [6.45, 7) is 5.11. The van der Waals surface area contributed by atoms with Crippen LogP contribution in [0.5, 0.6) is 0 Å². The van der Waals surface area contributed by atoms with Crippen LogP contribution in [-0.2, 0) is 20.7 Å². The molecule has 0 amide bonds. The number of hydrogen-bond acceptors (Lipinski definition) is 4. The van der Waals surface area contributed by atoms with E-state index in [1.807, 2.05) is 30.3 Å². The van der Waals surface area contributed by atoms with Gasteiger partial charge in [0.1, 0.15) is 5.60 Å². The SMILES string of the molecule is CC(C)C(C)[C@](O)(C(=O)O)C(=O)OC1(Cc2ccccc2)CCC1. The lowest BCUT2D eigenvalue weighted by Crippen LogP contribution is -2.58. The van der Waals surface area contributed by atoms with Crippen LogP contribution in [0, 0.1) is 11.8 Å². The number of hydrogen-bond donors (Lipinski definition) is 2. The molecular formula is C19H26O5. The number of benzene rings is 1. The van der Waals surface area contributed by atoms with Crippen molar-refractivity contribution in [2.75, 3.05) is 0 Å². The van der Waals surface area contributed by atoms with Gasteiger partial charge in [0, 0.05) is 12.3 Å². The molecule has 0 aromatic heterocycles. The van der Waals surface area contributed by atoms with Crippen LogP contribution in [0.15, 0.2) is 30.3 Å². The van der Waals surface area contributed by atoms with Gasteiger partial charge in [0.15, 0.2) is 0 Å². The Bertz CT molecular complexity index is 591. The quantitative estimate of drug-likeness (QED) is 0.592. The number of carbonyl (C=O) groups is 2. The lowest BCUT2D eigenvalue weighted by atomic mass is 9.75. The fraction of sp³-hybridized carbons (Fsp3) is 0.579. The van der Waals surface area contributed by atoms with E-state index in [-0.39, 0.29) is 5.92 Å². The number of ether oxygens (including phenoxy) is 1. The van der Waals surface area contributed by atoms with Crippen molar-refractivity contribution in [3.63, 3.8) is 0 Å². The molecule has 132 valence electrons. The van der Waals surface area contributed by atoms with E-state index in [1.54, 1.807) is 20.8 Å². The summed E-state index contributed by atoms with van der Waals surface area (Å²) in [6, 6.07) is 9.65. The molecule has 1 aliphatic carbocycles. The van der Waals surface area contributed by atoms with Crippen molar-refractivity contribution in [3.8, 4) is 0 Å². The maximum absolute atomic E-state index is 12.6. The molecule has 0 radical (unpaired) electrons. The molecule has 0 heterocycles. The topological polar surface area (TPSA) is 83.8 Å². The molecule has 5 heteroatoms. The third kappa shape index (κ3) is 3.46. The van der Waals surface area contributed by atoms with Crippen molar-refractivity contribution in [1.82, 2.24) is 0 Å². The number of carboxylic acids is 1. The molecule has 1 saturated carbocycles. The molecule has 1 aromatic rings. The number of rotatable bonds is 7. The zero-order valence-corrected chi connectivity index (χ0v) is 14.5. The molecule has 2 atom stereocenters. The monoisotopic (exact) mass is 334 g/mol. The predicted molar refractivity (Wildman–Crippen MR) is 89.4 cm³/mol. The molecule has 0 aliphatic heterocycles. The van der Waals surface area contributed by atoms with Crippen molar-refractivity contribution in [3.05, 3.63) is 35.9 Å². The summed E-state index contributed by atoms with van der Waals surface area (Å²) in [5, 5.41) is 20.0. The Morgan fingerprint density at radius 3 is 2.21 bits per heavy atom. The van der Waals surface area contributed by atoms with E-state index in [9.17, 15) is 19.8 Å². The van der Waals surface area contributed by atoms with E-state index in [0.29, 0.717) is 19.3 Å². The Hall–Kier alpha value is -1.88. The van der Waals surface area contributed by atoms with Crippen LogP contribution in [0.25, 0.3) is 0 Å². The summed E-state index contributed by atoms with van der Waals surface area (Å²) in [6.07, 6.45) is 2.81. The molecule has 5 nitrogen and oxygen atoms in total. The van der Waals surface area contributed by atoms with Gasteiger partial charge >= 0.3 is 11.9 Å². The first kappa shape index (κ1) is 18.5. The fourth-order valence-corrected chi connectivity index (χ4v) is 3.08. The van der Waals surface area contributed by atoms with Crippen LogP contribution in [-0.4, -0.2) is 33.4 Å². The smallest absolute Gasteiger partial charge is 0.350 e. The van der Waals surface area contributed by atoms with Gasteiger partial charge < -0.3 is 14.9 Å².